The van der Waals surface area contributed by atoms with E-state index in [1.807, 2.05) is 19.2 Å². The summed E-state index contributed by atoms with van der Waals surface area (Å²) in [4.78, 5) is 17.2. The Hall–Kier alpha value is -2.95. The first kappa shape index (κ1) is 17.9. The van der Waals surface area contributed by atoms with Gasteiger partial charge in [0.25, 0.3) is 5.69 Å². The highest BCUT2D eigenvalue weighted by Crippen LogP contribution is 2.38. The highest BCUT2D eigenvalue weighted by molar-refractivity contribution is 5.88. The van der Waals surface area contributed by atoms with Crippen LogP contribution in [-0.2, 0) is 0 Å². The molecule has 0 amide bonds. The molecule has 26 heavy (non-hydrogen) atoms. The molecule has 5 nitrogen and oxygen atoms in total. The van der Waals surface area contributed by atoms with Crippen LogP contribution in [0.15, 0.2) is 47.5 Å². The van der Waals surface area contributed by atoms with E-state index in [4.69, 9.17) is 0 Å². The second-order valence-corrected chi connectivity index (χ2v) is 7.30. The van der Waals surface area contributed by atoms with E-state index >= 15 is 0 Å². The van der Waals surface area contributed by atoms with E-state index in [-0.39, 0.29) is 11.2 Å². The van der Waals surface area contributed by atoms with Gasteiger partial charge in [0, 0.05) is 36.6 Å². The van der Waals surface area contributed by atoms with Crippen molar-refractivity contribution in [1.29, 1.82) is 0 Å². The van der Waals surface area contributed by atoms with Crippen molar-refractivity contribution in [3.63, 3.8) is 0 Å². The predicted molar refractivity (Wildman–Crippen MR) is 108 cm³/mol. The summed E-state index contributed by atoms with van der Waals surface area (Å²) in [6, 6.07) is 11.0. The number of nitro benzene ring substituents is 1. The molecule has 0 N–H and O–H groups in total. The molecule has 0 atom stereocenters. The van der Waals surface area contributed by atoms with E-state index in [2.05, 4.69) is 55.9 Å². The maximum absolute atomic E-state index is 10.8. The summed E-state index contributed by atoms with van der Waals surface area (Å²) < 4.78 is 0. The number of nitrogens with zero attached hydrogens (tertiary/aromatic N) is 3. The van der Waals surface area contributed by atoms with Crippen molar-refractivity contribution >= 4 is 28.8 Å². The van der Waals surface area contributed by atoms with E-state index in [1.165, 1.54) is 22.9 Å². The fourth-order valence-corrected chi connectivity index (χ4v) is 3.30. The zero-order chi connectivity index (χ0) is 19.1. The van der Waals surface area contributed by atoms with Crippen LogP contribution in [0.3, 0.4) is 0 Å². The largest absolute Gasteiger partial charge is 0.366 e. The third-order valence-electron chi connectivity index (χ3n) is 4.98. The molecule has 0 fully saturated rings. The second kappa shape index (κ2) is 6.41. The van der Waals surface area contributed by atoms with Crippen LogP contribution in [0.1, 0.15) is 37.5 Å². The third kappa shape index (κ3) is 3.25. The summed E-state index contributed by atoms with van der Waals surface area (Å²) in [5.74, 6) is 0. The molecule has 0 aliphatic carbocycles. The van der Waals surface area contributed by atoms with Crippen molar-refractivity contribution in [2.45, 2.75) is 33.2 Å². The van der Waals surface area contributed by atoms with Crippen molar-refractivity contribution in [1.82, 2.24) is 0 Å². The molecule has 0 spiro atoms. The van der Waals surface area contributed by atoms with Gasteiger partial charge in [-0.05, 0) is 62.6 Å². The minimum absolute atomic E-state index is 0.0114. The van der Waals surface area contributed by atoms with Gasteiger partial charge < -0.3 is 4.90 Å². The molecule has 1 aliphatic heterocycles. The zero-order valence-electron chi connectivity index (χ0n) is 15.8. The normalized spacial score (nSPS) is 15.7. The average Bonchev–Trinajstić information content (AvgIpc) is 2.58. The van der Waals surface area contributed by atoms with Crippen LogP contribution in [0, 0.1) is 17.0 Å². The molecule has 0 radical (unpaired) electrons. The maximum atomic E-state index is 10.8. The van der Waals surface area contributed by atoms with Gasteiger partial charge in [-0.1, -0.05) is 12.1 Å². The van der Waals surface area contributed by atoms with Crippen molar-refractivity contribution in [2.75, 3.05) is 11.9 Å². The van der Waals surface area contributed by atoms with Crippen LogP contribution in [0.5, 0.6) is 0 Å². The number of anilines is 1. The van der Waals surface area contributed by atoms with E-state index in [0.717, 1.165) is 16.8 Å². The highest BCUT2D eigenvalue weighted by atomic mass is 16.6. The fourth-order valence-electron chi connectivity index (χ4n) is 3.30. The van der Waals surface area contributed by atoms with Gasteiger partial charge in [-0.15, -0.1) is 0 Å². The van der Waals surface area contributed by atoms with Gasteiger partial charge in [0.1, 0.15) is 0 Å². The molecule has 2 aromatic carbocycles. The van der Waals surface area contributed by atoms with Crippen LogP contribution in [0.4, 0.5) is 17.1 Å². The molecule has 3 rings (SSSR count). The highest BCUT2D eigenvalue weighted by Gasteiger charge is 2.28. The van der Waals surface area contributed by atoms with Crippen LogP contribution in [0.25, 0.3) is 5.57 Å². The van der Waals surface area contributed by atoms with Crippen molar-refractivity contribution in [3.05, 3.63) is 69.3 Å². The summed E-state index contributed by atoms with van der Waals surface area (Å²) in [5.41, 5.74) is 6.26. The quantitative estimate of drug-likeness (QED) is 0.430. The zero-order valence-corrected chi connectivity index (χ0v) is 15.8. The number of aryl methyl sites for hydroxylation is 1. The summed E-state index contributed by atoms with van der Waals surface area (Å²) >= 11 is 0. The topological polar surface area (TPSA) is 58.7 Å². The number of likely N-dealkylation sites (N-methyl/N-ethyl adjacent to an activating group) is 1. The molecule has 2 aromatic rings. The number of nitro groups is 1. The lowest BCUT2D eigenvalue weighted by Crippen LogP contribution is -2.42. The number of hydrogen-bond donors (Lipinski definition) is 0. The van der Waals surface area contributed by atoms with Crippen LogP contribution < -0.4 is 4.90 Å². The van der Waals surface area contributed by atoms with Gasteiger partial charge in [0.05, 0.1) is 16.1 Å². The van der Waals surface area contributed by atoms with Gasteiger partial charge in [-0.3, -0.25) is 15.1 Å². The molecule has 1 heterocycles. The minimum Gasteiger partial charge on any atom is -0.366 e. The molecular weight excluding hydrogens is 326 g/mol. The Morgan fingerprint density at radius 1 is 1.15 bits per heavy atom. The Balaban J connectivity index is 1.92. The van der Waals surface area contributed by atoms with Gasteiger partial charge in [0.2, 0.25) is 0 Å². The van der Waals surface area contributed by atoms with E-state index in [9.17, 15) is 10.1 Å². The van der Waals surface area contributed by atoms with Crippen molar-refractivity contribution in [2.24, 2.45) is 4.99 Å². The van der Waals surface area contributed by atoms with Gasteiger partial charge in [-0.25, -0.2) is 0 Å². The number of rotatable bonds is 3. The van der Waals surface area contributed by atoms with Crippen LogP contribution in [0.2, 0.25) is 0 Å². The summed E-state index contributed by atoms with van der Waals surface area (Å²) in [7, 11) is 2.11. The SMILES string of the molecule is CC1=CC(C)(C)N(C)c2ccc(C=Nc3ccc([N+](=O)[O-])cc3C)cc21. The minimum atomic E-state index is -0.392. The molecular formula is C21H23N3O2. The van der Waals surface area contributed by atoms with Crippen molar-refractivity contribution < 1.29 is 4.92 Å². The standard InChI is InChI=1S/C21H23N3O2/c1-14-10-17(24(25)26)7-8-19(14)22-13-16-6-9-20-18(11-16)15(2)12-21(3,4)23(20)5/h6-13H,1-5H3. The lowest BCUT2D eigenvalue weighted by molar-refractivity contribution is -0.384. The monoisotopic (exact) mass is 349 g/mol. The number of non-ortho nitro benzene ring substituents is 1. The Labute approximate surface area is 153 Å². The fraction of sp³-hybridized carbons (Fsp3) is 0.286. The lowest BCUT2D eigenvalue weighted by atomic mass is 9.89. The predicted octanol–water partition coefficient (Wildman–Crippen LogP) is 5.29. The summed E-state index contributed by atoms with van der Waals surface area (Å²) in [6.07, 6.45) is 4.08. The number of benzene rings is 2. The van der Waals surface area contributed by atoms with Crippen LogP contribution in [-0.4, -0.2) is 23.7 Å². The molecule has 0 saturated carbocycles. The molecule has 0 saturated heterocycles. The average molecular weight is 349 g/mol. The molecule has 5 heteroatoms. The van der Waals surface area contributed by atoms with E-state index in [0.29, 0.717) is 0 Å². The first-order valence-electron chi connectivity index (χ1n) is 8.56. The Bertz CT molecular complexity index is 942. The third-order valence-corrected chi connectivity index (χ3v) is 4.98. The smallest absolute Gasteiger partial charge is 0.269 e. The summed E-state index contributed by atoms with van der Waals surface area (Å²) in [5, 5.41) is 10.8. The van der Waals surface area contributed by atoms with E-state index in [1.54, 1.807) is 12.1 Å². The molecule has 0 bridgehead atoms. The number of hydrogen-bond acceptors (Lipinski definition) is 4. The van der Waals surface area contributed by atoms with Gasteiger partial charge in [-0.2, -0.15) is 0 Å². The maximum Gasteiger partial charge on any atom is 0.269 e. The lowest BCUT2D eigenvalue weighted by Gasteiger charge is -2.40. The molecule has 1 aliphatic rings. The number of allylic oxidation sites excluding steroid dienone is 1. The first-order valence-corrected chi connectivity index (χ1v) is 8.56. The molecule has 134 valence electrons. The van der Waals surface area contributed by atoms with E-state index < -0.39 is 4.92 Å². The second-order valence-electron chi connectivity index (χ2n) is 7.30. The number of aliphatic imine (C=N–C) groups is 1. The summed E-state index contributed by atoms with van der Waals surface area (Å²) in [6.45, 7) is 8.36. The Kier molecular flexibility index (Phi) is 4.40. The van der Waals surface area contributed by atoms with Gasteiger partial charge >= 0.3 is 0 Å². The number of fused-ring (bicyclic) bond motifs is 1. The first-order chi connectivity index (χ1) is 12.2. The Morgan fingerprint density at radius 2 is 1.88 bits per heavy atom. The molecule has 0 unspecified atom stereocenters. The van der Waals surface area contributed by atoms with Gasteiger partial charge in [0.15, 0.2) is 0 Å². The van der Waals surface area contributed by atoms with Crippen molar-refractivity contribution in [3.8, 4) is 0 Å². The molecule has 0 aromatic heterocycles. The Morgan fingerprint density at radius 3 is 2.54 bits per heavy atom. The van der Waals surface area contributed by atoms with Crippen LogP contribution >= 0.6 is 0 Å².